The Balaban J connectivity index is 1.99. The standard InChI is InChI=1S/C24H26F4N4O2/c1-5-23(7-9-29-12-23)17-11-14(24(27,28)13(2)3)10-16(31-17)15-6-8-30-20-18(15)19(22(4,25)26)34-21(33)32-20/h6,8,10-11,19,29H,2,5,7,9,12H2,1,3-4H3,(H,30,32,33). The van der Waals surface area contributed by atoms with E-state index in [1.807, 2.05) is 6.92 Å². The van der Waals surface area contributed by atoms with Crippen LogP contribution in [0.4, 0.5) is 28.2 Å². The van der Waals surface area contributed by atoms with E-state index in [1.54, 1.807) is 0 Å². The highest BCUT2D eigenvalue weighted by Gasteiger charge is 2.46. The third kappa shape index (κ3) is 4.04. The van der Waals surface area contributed by atoms with Crippen LogP contribution in [0.15, 0.2) is 36.5 Å². The molecule has 2 atom stereocenters. The number of carbonyl (C=O) groups is 1. The van der Waals surface area contributed by atoms with Crippen LogP contribution in [0.25, 0.3) is 11.3 Å². The van der Waals surface area contributed by atoms with Gasteiger partial charge in [0.15, 0.2) is 6.10 Å². The number of aromatic nitrogens is 2. The third-order valence-corrected chi connectivity index (χ3v) is 6.62. The summed E-state index contributed by atoms with van der Waals surface area (Å²) in [7, 11) is 0. The second kappa shape index (κ2) is 8.33. The van der Waals surface area contributed by atoms with Gasteiger partial charge in [-0.2, -0.15) is 8.78 Å². The number of fused-ring (bicyclic) bond motifs is 1. The van der Waals surface area contributed by atoms with E-state index in [-0.39, 0.29) is 33.8 Å². The molecule has 10 heteroatoms. The van der Waals surface area contributed by atoms with Gasteiger partial charge in [-0.25, -0.2) is 18.6 Å². The molecule has 1 fully saturated rings. The number of pyridine rings is 2. The van der Waals surface area contributed by atoms with Crippen LogP contribution >= 0.6 is 0 Å². The molecule has 2 aliphatic heterocycles. The van der Waals surface area contributed by atoms with Crippen LogP contribution in [0.5, 0.6) is 0 Å². The van der Waals surface area contributed by atoms with Crippen LogP contribution in [0.3, 0.4) is 0 Å². The fourth-order valence-corrected chi connectivity index (χ4v) is 4.52. The molecule has 6 nitrogen and oxygen atoms in total. The van der Waals surface area contributed by atoms with Crippen molar-refractivity contribution in [2.45, 2.75) is 57.0 Å². The first-order valence-corrected chi connectivity index (χ1v) is 11.0. The van der Waals surface area contributed by atoms with E-state index in [4.69, 9.17) is 9.72 Å². The van der Waals surface area contributed by atoms with Crippen molar-refractivity contribution < 1.29 is 27.1 Å². The van der Waals surface area contributed by atoms with Gasteiger partial charge in [-0.15, -0.1) is 0 Å². The van der Waals surface area contributed by atoms with Crippen LogP contribution < -0.4 is 10.6 Å². The molecule has 4 heterocycles. The van der Waals surface area contributed by atoms with Gasteiger partial charge in [0.05, 0.1) is 11.3 Å². The molecule has 0 aliphatic carbocycles. The molecule has 2 aliphatic rings. The third-order valence-electron chi connectivity index (χ3n) is 6.62. The monoisotopic (exact) mass is 478 g/mol. The minimum atomic E-state index is -3.45. The number of ether oxygens (including phenoxy) is 1. The Labute approximate surface area is 194 Å². The van der Waals surface area contributed by atoms with Crippen molar-refractivity contribution >= 4 is 11.9 Å². The van der Waals surface area contributed by atoms with Gasteiger partial charge in [-0.3, -0.25) is 10.3 Å². The lowest BCUT2D eigenvalue weighted by molar-refractivity contribution is -0.0984. The first-order valence-electron chi connectivity index (χ1n) is 11.0. The summed E-state index contributed by atoms with van der Waals surface area (Å²) < 4.78 is 64.2. The minimum Gasteiger partial charge on any atom is -0.434 e. The number of nitrogens with one attached hydrogen (secondary N) is 2. The van der Waals surface area contributed by atoms with Crippen molar-refractivity contribution in [1.29, 1.82) is 0 Å². The van der Waals surface area contributed by atoms with Crippen LogP contribution in [-0.2, 0) is 16.1 Å². The summed E-state index contributed by atoms with van der Waals surface area (Å²) in [4.78, 5) is 20.6. The predicted molar refractivity (Wildman–Crippen MR) is 119 cm³/mol. The highest BCUT2D eigenvalue weighted by molar-refractivity contribution is 5.89. The van der Waals surface area contributed by atoms with E-state index < -0.39 is 29.5 Å². The smallest absolute Gasteiger partial charge is 0.413 e. The lowest BCUT2D eigenvalue weighted by Gasteiger charge is -2.32. The molecule has 0 spiro atoms. The highest BCUT2D eigenvalue weighted by Crippen LogP contribution is 2.46. The lowest BCUT2D eigenvalue weighted by atomic mass is 9.79. The molecule has 0 aromatic carbocycles. The van der Waals surface area contributed by atoms with E-state index in [2.05, 4.69) is 22.2 Å². The molecule has 1 amide bonds. The van der Waals surface area contributed by atoms with Gasteiger partial charge in [0.25, 0.3) is 11.8 Å². The fourth-order valence-electron chi connectivity index (χ4n) is 4.52. The number of anilines is 1. The number of halogens is 4. The summed E-state index contributed by atoms with van der Waals surface area (Å²) in [5, 5.41) is 5.58. The normalized spacial score (nSPS) is 22.7. The molecule has 4 rings (SSSR count). The zero-order valence-corrected chi connectivity index (χ0v) is 19.1. The van der Waals surface area contributed by atoms with E-state index in [0.29, 0.717) is 38.5 Å². The summed E-state index contributed by atoms with van der Waals surface area (Å²) in [5.74, 6) is -6.93. The summed E-state index contributed by atoms with van der Waals surface area (Å²) in [6.07, 6.45) is -0.368. The van der Waals surface area contributed by atoms with Crippen molar-refractivity contribution in [2.75, 3.05) is 18.4 Å². The average Bonchev–Trinajstić information content (AvgIpc) is 3.27. The largest absolute Gasteiger partial charge is 0.434 e. The average molecular weight is 478 g/mol. The Morgan fingerprint density at radius 3 is 2.65 bits per heavy atom. The number of carbonyl (C=O) groups excluding carboxylic acids is 1. The molecule has 1 saturated heterocycles. The van der Waals surface area contributed by atoms with Crippen LogP contribution in [0.2, 0.25) is 0 Å². The van der Waals surface area contributed by atoms with Crippen LogP contribution in [-0.4, -0.2) is 35.1 Å². The molecule has 182 valence electrons. The van der Waals surface area contributed by atoms with Crippen molar-refractivity contribution in [3.05, 3.63) is 53.4 Å². The van der Waals surface area contributed by atoms with E-state index >= 15 is 8.78 Å². The Hall–Kier alpha value is -3.01. The first kappa shape index (κ1) is 24.1. The molecule has 0 saturated carbocycles. The molecular weight excluding hydrogens is 452 g/mol. The zero-order valence-electron chi connectivity index (χ0n) is 19.1. The van der Waals surface area contributed by atoms with Crippen LogP contribution in [0, 0.1) is 0 Å². The van der Waals surface area contributed by atoms with Gasteiger partial charge in [-0.05, 0) is 50.1 Å². The number of hydrogen-bond donors (Lipinski definition) is 2. The molecule has 0 bridgehead atoms. The van der Waals surface area contributed by atoms with Crippen molar-refractivity contribution in [1.82, 2.24) is 15.3 Å². The zero-order chi connectivity index (χ0) is 24.9. The highest BCUT2D eigenvalue weighted by atomic mass is 19.3. The molecule has 2 aromatic heterocycles. The SMILES string of the molecule is C=C(C)C(F)(F)c1cc(-c2ccnc3c2C(C(C)(F)F)OC(=O)N3)nc(C2(CC)CCNC2)c1. The Morgan fingerprint density at radius 1 is 1.32 bits per heavy atom. The maximum Gasteiger partial charge on any atom is 0.413 e. The summed E-state index contributed by atoms with van der Waals surface area (Å²) in [6.45, 7) is 8.52. The molecule has 2 aromatic rings. The van der Waals surface area contributed by atoms with Gasteiger partial charge in [0.2, 0.25) is 0 Å². The van der Waals surface area contributed by atoms with Crippen molar-refractivity contribution in [3.63, 3.8) is 0 Å². The molecule has 34 heavy (non-hydrogen) atoms. The Morgan fingerprint density at radius 2 is 2.06 bits per heavy atom. The number of cyclic esters (lactones) is 1. The summed E-state index contributed by atoms with van der Waals surface area (Å²) in [6, 6.07) is 3.98. The van der Waals surface area contributed by atoms with E-state index in [9.17, 15) is 13.6 Å². The fraction of sp³-hybridized carbons (Fsp3) is 0.458. The molecule has 2 N–H and O–H groups in total. The lowest BCUT2D eigenvalue weighted by Crippen LogP contribution is -2.35. The van der Waals surface area contributed by atoms with Gasteiger partial charge in [-0.1, -0.05) is 13.5 Å². The number of allylic oxidation sites excluding steroid dienone is 1. The number of rotatable bonds is 6. The maximum absolute atomic E-state index is 15.2. The topological polar surface area (TPSA) is 76.1 Å². The Kier molecular flexibility index (Phi) is 5.91. The van der Waals surface area contributed by atoms with E-state index in [1.165, 1.54) is 31.3 Å². The number of alkyl halides is 4. The molecule has 0 radical (unpaired) electrons. The van der Waals surface area contributed by atoms with Gasteiger partial charge >= 0.3 is 6.09 Å². The first-order chi connectivity index (χ1) is 15.9. The minimum absolute atomic E-state index is 0.0702. The number of hydrogen-bond acceptors (Lipinski definition) is 5. The van der Waals surface area contributed by atoms with Crippen molar-refractivity contribution in [2.24, 2.45) is 0 Å². The second-order valence-corrected chi connectivity index (χ2v) is 9.03. The number of nitrogens with zero attached hydrogens (tertiary/aromatic N) is 2. The summed E-state index contributed by atoms with van der Waals surface area (Å²) in [5.41, 5.74) is -0.627. The van der Waals surface area contributed by atoms with Gasteiger partial charge in [0, 0.05) is 41.9 Å². The molecule has 2 unspecified atom stereocenters. The summed E-state index contributed by atoms with van der Waals surface area (Å²) >= 11 is 0. The van der Waals surface area contributed by atoms with Gasteiger partial charge in [0.1, 0.15) is 5.82 Å². The van der Waals surface area contributed by atoms with Crippen molar-refractivity contribution in [3.8, 4) is 11.3 Å². The predicted octanol–water partition coefficient (Wildman–Crippen LogP) is 5.71. The molecular formula is C24H26F4N4O2. The Bertz CT molecular complexity index is 1140. The quantitative estimate of drug-likeness (QED) is 0.411. The van der Waals surface area contributed by atoms with Crippen LogP contribution in [0.1, 0.15) is 56.5 Å². The second-order valence-electron chi connectivity index (χ2n) is 9.03. The maximum atomic E-state index is 15.2. The van der Waals surface area contributed by atoms with Gasteiger partial charge < -0.3 is 10.1 Å². The van der Waals surface area contributed by atoms with E-state index in [0.717, 1.165) is 0 Å². The number of amides is 1.